The summed E-state index contributed by atoms with van der Waals surface area (Å²) in [5.74, 6) is 0.183. The van der Waals surface area contributed by atoms with Gasteiger partial charge in [-0.25, -0.2) is 4.98 Å². The molecule has 2 fully saturated rings. The minimum Gasteiger partial charge on any atom is -0.343 e. The number of carbonyl (C=O) groups excluding carboxylic acids is 1. The van der Waals surface area contributed by atoms with E-state index in [2.05, 4.69) is 15.4 Å². The highest BCUT2D eigenvalue weighted by Gasteiger charge is 2.36. The molecule has 0 aromatic carbocycles. The van der Waals surface area contributed by atoms with Gasteiger partial charge in [0.15, 0.2) is 5.65 Å². The second-order valence-corrected chi connectivity index (χ2v) is 8.27. The molecular formula is C20H29N5O2. The number of piperidine rings is 1. The molecule has 7 heteroatoms. The van der Waals surface area contributed by atoms with E-state index in [1.54, 1.807) is 11.7 Å². The highest BCUT2D eigenvalue weighted by Crippen LogP contribution is 2.29. The number of nitrogens with zero attached hydrogens (tertiary/aromatic N) is 3. The molecule has 4 rings (SSSR count). The van der Waals surface area contributed by atoms with Gasteiger partial charge in [-0.3, -0.25) is 19.4 Å². The molecule has 0 aliphatic carbocycles. The Labute approximate surface area is 159 Å². The lowest BCUT2D eigenvalue weighted by Crippen LogP contribution is -2.48. The van der Waals surface area contributed by atoms with E-state index in [9.17, 15) is 9.59 Å². The maximum absolute atomic E-state index is 12.8. The first-order valence-corrected chi connectivity index (χ1v) is 9.91. The average molecular weight is 371 g/mol. The molecule has 1 amide bonds. The first kappa shape index (κ1) is 18.2. The third kappa shape index (κ3) is 3.18. The highest BCUT2D eigenvalue weighted by atomic mass is 16.2. The van der Waals surface area contributed by atoms with Gasteiger partial charge in [0.25, 0.3) is 5.56 Å². The van der Waals surface area contributed by atoms with Crippen molar-refractivity contribution in [1.29, 1.82) is 0 Å². The summed E-state index contributed by atoms with van der Waals surface area (Å²) < 4.78 is 1.66. The lowest BCUT2D eigenvalue weighted by Gasteiger charge is -2.35. The smallest absolute Gasteiger partial charge is 0.273 e. The van der Waals surface area contributed by atoms with Crippen molar-refractivity contribution in [3.8, 4) is 0 Å². The van der Waals surface area contributed by atoms with Crippen LogP contribution >= 0.6 is 0 Å². The molecule has 2 aromatic rings. The molecule has 2 aliphatic heterocycles. The fourth-order valence-corrected chi connectivity index (χ4v) is 4.97. The maximum atomic E-state index is 12.8. The Morgan fingerprint density at radius 2 is 1.93 bits per heavy atom. The molecule has 0 spiro atoms. The number of carbonyl (C=O) groups is 1. The minimum atomic E-state index is -0.118. The standard InChI is InChI=1S/C20H29N5O2/c1-11-16(12(2)21-19-18(11)20(27)23-25(19)4)7-8-17(26)24(3)15-9-13-5-6-14(10-15)22-13/h13-15,22H,5-10H2,1-4H3,(H,23,27). The molecule has 7 nitrogen and oxygen atoms in total. The summed E-state index contributed by atoms with van der Waals surface area (Å²) in [7, 11) is 3.74. The Bertz CT molecular complexity index is 932. The fraction of sp³-hybridized carbons (Fsp3) is 0.650. The van der Waals surface area contributed by atoms with Crippen LogP contribution in [0, 0.1) is 13.8 Å². The van der Waals surface area contributed by atoms with Crippen molar-refractivity contribution in [3.63, 3.8) is 0 Å². The Morgan fingerprint density at radius 1 is 1.26 bits per heavy atom. The normalized spacial score (nSPS) is 24.5. The van der Waals surface area contributed by atoms with Crippen molar-refractivity contribution >= 4 is 16.9 Å². The van der Waals surface area contributed by atoms with Crippen molar-refractivity contribution < 1.29 is 4.79 Å². The summed E-state index contributed by atoms with van der Waals surface area (Å²) in [6.07, 6.45) is 5.66. The van der Waals surface area contributed by atoms with E-state index in [0.717, 1.165) is 29.7 Å². The van der Waals surface area contributed by atoms with Crippen molar-refractivity contribution in [3.05, 3.63) is 27.2 Å². The van der Waals surface area contributed by atoms with E-state index < -0.39 is 0 Å². The predicted octanol–water partition coefficient (Wildman–Crippen LogP) is 1.55. The van der Waals surface area contributed by atoms with E-state index in [0.29, 0.717) is 42.0 Å². The van der Waals surface area contributed by atoms with Crippen molar-refractivity contribution in [2.75, 3.05) is 7.05 Å². The van der Waals surface area contributed by atoms with Crippen LogP contribution in [0.1, 0.15) is 48.9 Å². The van der Waals surface area contributed by atoms with Crippen LogP contribution in [0.2, 0.25) is 0 Å². The summed E-state index contributed by atoms with van der Waals surface area (Å²) in [4.78, 5) is 31.6. The Morgan fingerprint density at radius 3 is 2.59 bits per heavy atom. The maximum Gasteiger partial charge on any atom is 0.273 e. The predicted molar refractivity (Wildman–Crippen MR) is 105 cm³/mol. The average Bonchev–Trinajstić information content (AvgIpc) is 3.11. The summed E-state index contributed by atoms with van der Waals surface area (Å²) in [6.45, 7) is 3.91. The molecule has 2 unspecified atom stereocenters. The third-order valence-corrected chi connectivity index (χ3v) is 6.55. The number of pyridine rings is 1. The minimum absolute atomic E-state index is 0.118. The Kier molecular flexibility index (Phi) is 4.58. The van der Waals surface area contributed by atoms with Crippen LogP contribution in [0.5, 0.6) is 0 Å². The summed E-state index contributed by atoms with van der Waals surface area (Å²) >= 11 is 0. The first-order chi connectivity index (χ1) is 12.8. The van der Waals surface area contributed by atoms with E-state index in [4.69, 9.17) is 0 Å². The van der Waals surface area contributed by atoms with Gasteiger partial charge in [0.1, 0.15) is 0 Å². The van der Waals surface area contributed by atoms with Gasteiger partial charge < -0.3 is 10.2 Å². The molecule has 0 saturated carbocycles. The molecule has 2 aromatic heterocycles. The molecule has 2 saturated heterocycles. The third-order valence-electron chi connectivity index (χ3n) is 6.55. The molecule has 0 radical (unpaired) electrons. The topological polar surface area (TPSA) is 83.0 Å². The van der Waals surface area contributed by atoms with Gasteiger partial charge >= 0.3 is 0 Å². The second kappa shape index (κ2) is 6.78. The molecule has 27 heavy (non-hydrogen) atoms. The lowest BCUT2D eigenvalue weighted by molar-refractivity contribution is -0.132. The number of rotatable bonds is 4. The van der Waals surface area contributed by atoms with E-state index in [-0.39, 0.29) is 11.5 Å². The Balaban J connectivity index is 1.49. The van der Waals surface area contributed by atoms with Gasteiger partial charge in [0.05, 0.1) is 5.39 Å². The monoisotopic (exact) mass is 371 g/mol. The van der Waals surface area contributed by atoms with Gasteiger partial charge in [-0.15, -0.1) is 0 Å². The molecular weight excluding hydrogens is 342 g/mol. The number of nitrogens with one attached hydrogen (secondary N) is 2. The second-order valence-electron chi connectivity index (χ2n) is 8.27. The van der Waals surface area contributed by atoms with Gasteiger partial charge in [-0.1, -0.05) is 0 Å². The first-order valence-electron chi connectivity index (χ1n) is 9.91. The number of aryl methyl sites for hydroxylation is 3. The molecule has 2 N–H and O–H groups in total. The zero-order valence-corrected chi connectivity index (χ0v) is 16.6. The molecule has 2 aliphatic rings. The molecule has 2 atom stereocenters. The fourth-order valence-electron chi connectivity index (χ4n) is 4.97. The molecule has 2 bridgehead atoms. The number of hydrogen-bond donors (Lipinski definition) is 2. The van der Waals surface area contributed by atoms with Crippen LogP contribution in [0.25, 0.3) is 11.0 Å². The number of aromatic nitrogens is 3. The van der Waals surface area contributed by atoms with Crippen LogP contribution in [0.4, 0.5) is 0 Å². The van der Waals surface area contributed by atoms with E-state index in [1.807, 2.05) is 25.8 Å². The number of aromatic amines is 1. The van der Waals surface area contributed by atoms with Crippen LogP contribution in [-0.4, -0.2) is 50.7 Å². The van der Waals surface area contributed by atoms with E-state index >= 15 is 0 Å². The zero-order chi connectivity index (χ0) is 19.3. The molecule has 4 heterocycles. The SMILES string of the molecule is Cc1nc2c(c(C)c1CCC(=O)N(C)C1CC3CCC(C1)N3)c(=O)[nH]n2C. The lowest BCUT2D eigenvalue weighted by atomic mass is 9.97. The van der Waals surface area contributed by atoms with Gasteiger partial charge in [0.2, 0.25) is 5.91 Å². The van der Waals surface area contributed by atoms with Gasteiger partial charge in [-0.05, 0) is 57.1 Å². The van der Waals surface area contributed by atoms with Crippen molar-refractivity contribution in [2.24, 2.45) is 7.05 Å². The number of H-pyrrole nitrogens is 1. The number of amides is 1. The summed E-state index contributed by atoms with van der Waals surface area (Å²) in [6, 6.07) is 1.49. The van der Waals surface area contributed by atoms with Crippen molar-refractivity contribution in [1.82, 2.24) is 25.0 Å². The van der Waals surface area contributed by atoms with Crippen molar-refractivity contribution in [2.45, 2.75) is 70.5 Å². The summed E-state index contributed by atoms with van der Waals surface area (Å²) in [5, 5.41) is 7.03. The van der Waals surface area contributed by atoms with Crippen LogP contribution in [0.3, 0.4) is 0 Å². The van der Waals surface area contributed by atoms with Crippen LogP contribution < -0.4 is 10.9 Å². The van der Waals surface area contributed by atoms with E-state index in [1.165, 1.54) is 12.8 Å². The van der Waals surface area contributed by atoms with Gasteiger partial charge in [-0.2, -0.15) is 0 Å². The Hall–Kier alpha value is -2.15. The highest BCUT2D eigenvalue weighted by molar-refractivity contribution is 5.81. The molecule has 146 valence electrons. The van der Waals surface area contributed by atoms with Gasteiger partial charge in [0, 0.05) is 44.3 Å². The van der Waals surface area contributed by atoms with Crippen LogP contribution in [-0.2, 0) is 18.3 Å². The number of fused-ring (bicyclic) bond motifs is 3. The van der Waals surface area contributed by atoms with Crippen LogP contribution in [0.15, 0.2) is 4.79 Å². The zero-order valence-electron chi connectivity index (χ0n) is 16.6. The largest absolute Gasteiger partial charge is 0.343 e. The number of hydrogen-bond acceptors (Lipinski definition) is 4. The summed E-state index contributed by atoms with van der Waals surface area (Å²) in [5.41, 5.74) is 3.41. The quantitative estimate of drug-likeness (QED) is 0.854.